The van der Waals surface area contributed by atoms with Gasteiger partial charge in [-0.05, 0) is 25.3 Å². The fourth-order valence-electron chi connectivity index (χ4n) is 2.05. The van der Waals surface area contributed by atoms with Crippen molar-refractivity contribution in [3.05, 3.63) is 35.9 Å². The summed E-state index contributed by atoms with van der Waals surface area (Å²) in [4.78, 5) is 12.0. The molecule has 1 saturated carbocycles. The second kappa shape index (κ2) is 4.88. The molecule has 0 spiro atoms. The number of carbonyl (C=O) groups is 1. The van der Waals surface area contributed by atoms with Crippen molar-refractivity contribution in [3.63, 3.8) is 0 Å². The molecule has 1 aliphatic carbocycles. The van der Waals surface area contributed by atoms with Crippen molar-refractivity contribution in [2.45, 2.75) is 31.7 Å². The number of rotatable bonds is 4. The van der Waals surface area contributed by atoms with Crippen LogP contribution in [-0.4, -0.2) is 17.6 Å². The van der Waals surface area contributed by atoms with Gasteiger partial charge in [0.05, 0.1) is 12.1 Å². The van der Waals surface area contributed by atoms with E-state index >= 15 is 0 Å². The lowest BCUT2D eigenvalue weighted by Gasteiger charge is -2.33. The van der Waals surface area contributed by atoms with E-state index in [9.17, 15) is 9.90 Å². The molecule has 3 heteroatoms. The number of amides is 1. The quantitative estimate of drug-likeness (QED) is 0.833. The largest absolute Gasteiger partial charge is 0.394 e. The molecule has 0 heterocycles. The summed E-state index contributed by atoms with van der Waals surface area (Å²) in [5, 5.41) is 12.5. The summed E-state index contributed by atoms with van der Waals surface area (Å²) in [6.07, 6.45) is 3.09. The Bertz CT molecular complexity index is 386. The van der Waals surface area contributed by atoms with E-state index in [4.69, 9.17) is 0 Å². The fraction of sp³-hybridized carbons (Fsp3) is 0.500. The normalized spacial score (nSPS) is 19.2. The van der Waals surface area contributed by atoms with Crippen molar-refractivity contribution in [3.8, 4) is 0 Å². The van der Waals surface area contributed by atoms with Gasteiger partial charge in [-0.15, -0.1) is 0 Å². The highest BCUT2D eigenvalue weighted by atomic mass is 16.3. The Balaban J connectivity index is 2.11. The zero-order chi connectivity index (χ0) is 12.3. The van der Waals surface area contributed by atoms with Gasteiger partial charge in [0.25, 0.3) is 0 Å². The summed E-state index contributed by atoms with van der Waals surface area (Å²) in [6, 6.07) is 9.61. The number of aliphatic hydroxyl groups is 1. The molecule has 1 atom stereocenters. The minimum atomic E-state index is -0.673. The Morgan fingerprint density at radius 1 is 1.41 bits per heavy atom. The third-order valence-electron chi connectivity index (χ3n) is 3.60. The van der Waals surface area contributed by atoms with Crippen LogP contribution in [-0.2, 0) is 10.3 Å². The summed E-state index contributed by atoms with van der Waals surface area (Å²) >= 11 is 0. The number of nitrogens with one attached hydrogen (secondary N) is 1. The smallest absolute Gasteiger partial charge is 0.223 e. The summed E-state index contributed by atoms with van der Waals surface area (Å²) in [5.41, 5.74) is 0.267. The van der Waals surface area contributed by atoms with Crippen LogP contribution < -0.4 is 5.32 Å². The van der Waals surface area contributed by atoms with Gasteiger partial charge >= 0.3 is 0 Å². The molecule has 92 valence electrons. The summed E-state index contributed by atoms with van der Waals surface area (Å²) in [7, 11) is 0. The van der Waals surface area contributed by atoms with Crippen LogP contribution in [0.3, 0.4) is 0 Å². The average Bonchev–Trinajstić information content (AvgIpc) is 2.27. The van der Waals surface area contributed by atoms with Crippen LogP contribution in [0, 0.1) is 5.92 Å². The van der Waals surface area contributed by atoms with Gasteiger partial charge in [0, 0.05) is 5.92 Å². The maximum atomic E-state index is 12.0. The lowest BCUT2D eigenvalue weighted by molar-refractivity contribution is -0.130. The zero-order valence-corrected chi connectivity index (χ0v) is 10.1. The standard InChI is InChI=1S/C14H19NO2/c1-14(10-16,12-8-3-2-4-9-12)15-13(17)11-6-5-7-11/h2-4,8-9,11,16H,5-7,10H2,1H3,(H,15,17). The minimum absolute atomic E-state index is 0.0663. The van der Waals surface area contributed by atoms with Gasteiger partial charge in [0.2, 0.25) is 5.91 Å². The minimum Gasteiger partial charge on any atom is -0.394 e. The van der Waals surface area contributed by atoms with Gasteiger partial charge in [-0.3, -0.25) is 4.79 Å². The van der Waals surface area contributed by atoms with E-state index < -0.39 is 5.54 Å². The van der Waals surface area contributed by atoms with Crippen LogP contribution in [0.5, 0.6) is 0 Å². The van der Waals surface area contributed by atoms with Crippen LogP contribution in [0.25, 0.3) is 0 Å². The third-order valence-corrected chi connectivity index (χ3v) is 3.60. The monoisotopic (exact) mass is 233 g/mol. The molecule has 1 unspecified atom stereocenters. The molecule has 17 heavy (non-hydrogen) atoms. The Hall–Kier alpha value is -1.35. The van der Waals surface area contributed by atoms with Gasteiger partial charge in [0.1, 0.15) is 0 Å². The molecule has 0 bridgehead atoms. The first-order valence-corrected chi connectivity index (χ1v) is 6.14. The summed E-state index contributed by atoms with van der Waals surface area (Å²) in [6.45, 7) is 1.77. The van der Waals surface area contributed by atoms with Gasteiger partial charge in [0.15, 0.2) is 0 Å². The molecule has 0 aromatic heterocycles. The van der Waals surface area contributed by atoms with E-state index in [1.165, 1.54) is 0 Å². The first-order valence-electron chi connectivity index (χ1n) is 6.14. The van der Waals surface area contributed by atoms with Crippen molar-refractivity contribution in [2.24, 2.45) is 5.92 Å². The van der Waals surface area contributed by atoms with Crippen molar-refractivity contribution < 1.29 is 9.90 Å². The van der Waals surface area contributed by atoms with Crippen LogP contribution >= 0.6 is 0 Å². The first kappa shape index (κ1) is 12.1. The van der Waals surface area contributed by atoms with E-state index in [2.05, 4.69) is 5.32 Å². The number of hydrogen-bond acceptors (Lipinski definition) is 2. The van der Waals surface area contributed by atoms with E-state index in [0.29, 0.717) is 0 Å². The highest BCUT2D eigenvalue weighted by Crippen LogP contribution is 2.28. The second-order valence-electron chi connectivity index (χ2n) is 4.97. The molecular formula is C14H19NO2. The SMILES string of the molecule is CC(CO)(NC(=O)C1CCC1)c1ccccc1. The van der Waals surface area contributed by atoms with Gasteiger partial charge in [-0.25, -0.2) is 0 Å². The number of benzene rings is 1. The highest BCUT2D eigenvalue weighted by Gasteiger charge is 2.32. The molecule has 1 aliphatic rings. The molecule has 0 saturated heterocycles. The molecule has 1 amide bonds. The van der Waals surface area contributed by atoms with Crippen LogP contribution in [0.1, 0.15) is 31.7 Å². The van der Waals surface area contributed by atoms with Crippen LogP contribution in [0.15, 0.2) is 30.3 Å². The molecule has 1 aromatic carbocycles. The lowest BCUT2D eigenvalue weighted by Crippen LogP contribution is -2.49. The molecule has 2 rings (SSSR count). The van der Waals surface area contributed by atoms with Crippen LogP contribution in [0.4, 0.5) is 0 Å². The maximum Gasteiger partial charge on any atom is 0.223 e. The molecule has 2 N–H and O–H groups in total. The van der Waals surface area contributed by atoms with Crippen molar-refractivity contribution in [2.75, 3.05) is 6.61 Å². The van der Waals surface area contributed by atoms with E-state index in [0.717, 1.165) is 24.8 Å². The fourth-order valence-corrected chi connectivity index (χ4v) is 2.05. The van der Waals surface area contributed by atoms with E-state index in [1.54, 1.807) is 0 Å². The maximum absolute atomic E-state index is 12.0. The van der Waals surface area contributed by atoms with E-state index in [-0.39, 0.29) is 18.4 Å². The Morgan fingerprint density at radius 2 is 2.06 bits per heavy atom. The van der Waals surface area contributed by atoms with Crippen molar-refractivity contribution >= 4 is 5.91 Å². The summed E-state index contributed by atoms with van der Waals surface area (Å²) in [5.74, 6) is 0.209. The third kappa shape index (κ3) is 2.50. The zero-order valence-electron chi connectivity index (χ0n) is 10.1. The van der Waals surface area contributed by atoms with Crippen LogP contribution in [0.2, 0.25) is 0 Å². The average molecular weight is 233 g/mol. The van der Waals surface area contributed by atoms with Gasteiger partial charge in [-0.2, -0.15) is 0 Å². The molecule has 0 radical (unpaired) electrons. The second-order valence-corrected chi connectivity index (χ2v) is 4.97. The predicted molar refractivity (Wildman–Crippen MR) is 66.4 cm³/mol. The van der Waals surface area contributed by atoms with E-state index in [1.807, 2.05) is 37.3 Å². The van der Waals surface area contributed by atoms with Crippen molar-refractivity contribution in [1.29, 1.82) is 0 Å². The Kier molecular flexibility index (Phi) is 3.48. The molecule has 1 aromatic rings. The van der Waals surface area contributed by atoms with Crippen molar-refractivity contribution in [1.82, 2.24) is 5.32 Å². The molecular weight excluding hydrogens is 214 g/mol. The molecule has 0 aliphatic heterocycles. The lowest BCUT2D eigenvalue weighted by atomic mass is 9.83. The number of aliphatic hydroxyl groups excluding tert-OH is 1. The summed E-state index contributed by atoms with van der Waals surface area (Å²) < 4.78 is 0. The first-order chi connectivity index (χ1) is 8.15. The number of hydrogen-bond donors (Lipinski definition) is 2. The topological polar surface area (TPSA) is 49.3 Å². The Morgan fingerprint density at radius 3 is 2.53 bits per heavy atom. The molecule has 1 fully saturated rings. The Labute approximate surface area is 102 Å². The molecule has 3 nitrogen and oxygen atoms in total. The number of carbonyl (C=O) groups excluding carboxylic acids is 1. The highest BCUT2D eigenvalue weighted by molar-refractivity contribution is 5.80. The van der Waals surface area contributed by atoms with Gasteiger partial charge < -0.3 is 10.4 Å². The predicted octanol–water partition coefficient (Wildman–Crippen LogP) is 1.81. The van der Waals surface area contributed by atoms with Gasteiger partial charge in [-0.1, -0.05) is 36.8 Å².